The van der Waals surface area contributed by atoms with Crippen LogP contribution in [-0.4, -0.2) is 51.2 Å². The van der Waals surface area contributed by atoms with E-state index < -0.39 is 0 Å². The fourth-order valence-corrected chi connectivity index (χ4v) is 5.35. The van der Waals surface area contributed by atoms with Gasteiger partial charge in [-0.3, -0.25) is 4.79 Å². The van der Waals surface area contributed by atoms with Crippen LogP contribution in [0.15, 0.2) is 42.5 Å². The lowest BCUT2D eigenvalue weighted by atomic mass is 10.0. The van der Waals surface area contributed by atoms with Gasteiger partial charge in [0, 0.05) is 49.2 Å². The van der Waals surface area contributed by atoms with Gasteiger partial charge >= 0.3 is 0 Å². The summed E-state index contributed by atoms with van der Waals surface area (Å²) in [5.41, 5.74) is 10.7. The number of amides is 1. The van der Waals surface area contributed by atoms with Crippen LogP contribution >= 0.6 is 12.4 Å². The zero-order valence-corrected chi connectivity index (χ0v) is 21.1. The third-order valence-electron chi connectivity index (χ3n) is 7.32. The van der Waals surface area contributed by atoms with E-state index in [2.05, 4.69) is 39.5 Å². The molecule has 2 aromatic heterocycles. The standard InChI is InChI=1S/C27H31N5O2.ClH/c1-30-25-21(12-19(14-24(25)34-2)27(33)31-11-5-7-20(28)16-31)29-26(30)23-13-18-6-3-4-8-22(18)32(23)15-17-9-10-17;/h3-4,6,8,12-14,17,20H,5,7,9-11,15-16,28H2,1-2H3;1H/t20-;/m1./s1. The molecule has 2 aromatic carbocycles. The van der Waals surface area contributed by atoms with Crippen LogP contribution in [0.3, 0.4) is 0 Å². The maximum absolute atomic E-state index is 13.3. The number of aromatic nitrogens is 3. The fraction of sp³-hybridized carbons (Fsp3) is 0.407. The van der Waals surface area contributed by atoms with Crippen LogP contribution in [0.2, 0.25) is 0 Å². The van der Waals surface area contributed by atoms with Crippen LogP contribution in [0.1, 0.15) is 36.0 Å². The number of hydrogen-bond donors (Lipinski definition) is 1. The lowest BCUT2D eigenvalue weighted by Crippen LogP contribution is -2.45. The summed E-state index contributed by atoms with van der Waals surface area (Å²) in [5.74, 6) is 2.27. The van der Waals surface area contributed by atoms with Crippen LogP contribution in [0, 0.1) is 5.92 Å². The summed E-state index contributed by atoms with van der Waals surface area (Å²) in [6.07, 6.45) is 4.47. The molecule has 1 saturated carbocycles. The maximum Gasteiger partial charge on any atom is 0.254 e. The Morgan fingerprint density at radius 3 is 2.71 bits per heavy atom. The Kier molecular flexibility index (Phi) is 6.23. The Balaban J connectivity index is 0.00000253. The minimum atomic E-state index is -0.00889. The Morgan fingerprint density at radius 1 is 1.17 bits per heavy atom. The number of benzene rings is 2. The van der Waals surface area contributed by atoms with Gasteiger partial charge < -0.3 is 24.5 Å². The van der Waals surface area contributed by atoms with Crippen molar-refractivity contribution in [2.75, 3.05) is 20.2 Å². The SMILES string of the molecule is COc1cc(C(=O)N2CCC[C@@H](N)C2)cc2nc(-c3cc4ccccc4n3CC3CC3)n(C)c12.Cl. The minimum absolute atomic E-state index is 0. The first-order chi connectivity index (χ1) is 16.5. The van der Waals surface area contributed by atoms with E-state index in [1.165, 1.54) is 23.7 Å². The highest BCUT2D eigenvalue weighted by atomic mass is 35.5. The number of halogens is 1. The molecular formula is C27H32ClN5O2. The summed E-state index contributed by atoms with van der Waals surface area (Å²) in [6.45, 7) is 2.33. The summed E-state index contributed by atoms with van der Waals surface area (Å²) in [7, 11) is 3.67. The highest BCUT2D eigenvalue weighted by Gasteiger charge is 2.27. The van der Waals surface area contributed by atoms with Crippen molar-refractivity contribution in [1.82, 2.24) is 19.0 Å². The van der Waals surface area contributed by atoms with E-state index in [0.717, 1.165) is 54.4 Å². The molecule has 7 nitrogen and oxygen atoms in total. The molecule has 1 aliphatic heterocycles. The van der Waals surface area contributed by atoms with E-state index in [0.29, 0.717) is 17.9 Å². The second-order valence-corrected chi connectivity index (χ2v) is 9.84. The van der Waals surface area contributed by atoms with Gasteiger partial charge in [-0.2, -0.15) is 0 Å². The molecule has 1 atom stereocenters. The molecule has 184 valence electrons. The van der Waals surface area contributed by atoms with Crippen LogP contribution in [0.4, 0.5) is 0 Å². The summed E-state index contributed by atoms with van der Waals surface area (Å²) < 4.78 is 10.3. The zero-order chi connectivity index (χ0) is 23.4. The Bertz CT molecular complexity index is 1400. The Hall–Kier alpha value is -3.03. The quantitative estimate of drug-likeness (QED) is 0.440. The number of fused-ring (bicyclic) bond motifs is 2. The first-order valence-electron chi connectivity index (χ1n) is 12.2. The van der Waals surface area contributed by atoms with E-state index in [9.17, 15) is 4.79 Å². The van der Waals surface area contributed by atoms with E-state index in [1.54, 1.807) is 7.11 Å². The molecule has 4 aromatic rings. The Labute approximate surface area is 211 Å². The molecule has 3 heterocycles. The number of carbonyl (C=O) groups is 1. The second-order valence-electron chi connectivity index (χ2n) is 9.84. The molecule has 35 heavy (non-hydrogen) atoms. The van der Waals surface area contributed by atoms with E-state index in [4.69, 9.17) is 15.5 Å². The van der Waals surface area contributed by atoms with Gasteiger partial charge in [0.15, 0.2) is 5.82 Å². The average Bonchev–Trinajstić information content (AvgIpc) is 3.52. The van der Waals surface area contributed by atoms with Gasteiger partial charge in [-0.25, -0.2) is 4.98 Å². The normalized spacial score (nSPS) is 18.1. The van der Waals surface area contributed by atoms with Crippen molar-refractivity contribution in [2.45, 2.75) is 38.3 Å². The van der Waals surface area contributed by atoms with Crippen molar-refractivity contribution in [3.8, 4) is 17.3 Å². The molecule has 1 aliphatic carbocycles. The highest BCUT2D eigenvalue weighted by Crippen LogP contribution is 2.38. The molecule has 0 radical (unpaired) electrons. The van der Waals surface area contributed by atoms with Gasteiger partial charge in [-0.15, -0.1) is 12.4 Å². The molecule has 0 spiro atoms. The van der Waals surface area contributed by atoms with Crippen molar-refractivity contribution in [1.29, 1.82) is 0 Å². The number of methoxy groups -OCH3 is 1. The number of likely N-dealkylation sites (tertiary alicyclic amines) is 1. The van der Waals surface area contributed by atoms with E-state index in [1.807, 2.05) is 24.1 Å². The molecule has 8 heteroatoms. The third kappa shape index (κ3) is 4.17. The number of rotatable bonds is 5. The van der Waals surface area contributed by atoms with Crippen molar-refractivity contribution < 1.29 is 9.53 Å². The predicted octanol–water partition coefficient (Wildman–Crippen LogP) is 4.60. The zero-order valence-electron chi connectivity index (χ0n) is 20.2. The number of imidazole rings is 1. The third-order valence-corrected chi connectivity index (χ3v) is 7.32. The van der Waals surface area contributed by atoms with Gasteiger partial charge in [0.2, 0.25) is 0 Å². The second kappa shape index (κ2) is 9.21. The Morgan fingerprint density at radius 2 is 1.97 bits per heavy atom. The van der Waals surface area contributed by atoms with Gasteiger partial charge in [0.05, 0.1) is 18.3 Å². The molecule has 0 bridgehead atoms. The minimum Gasteiger partial charge on any atom is -0.494 e. The lowest BCUT2D eigenvalue weighted by molar-refractivity contribution is 0.0708. The van der Waals surface area contributed by atoms with Gasteiger partial charge in [0.1, 0.15) is 11.3 Å². The first kappa shape index (κ1) is 23.7. The molecule has 2 fully saturated rings. The summed E-state index contributed by atoms with van der Waals surface area (Å²) in [4.78, 5) is 20.2. The van der Waals surface area contributed by atoms with E-state index >= 15 is 0 Å². The molecule has 2 aliphatic rings. The smallest absolute Gasteiger partial charge is 0.254 e. The molecule has 6 rings (SSSR count). The van der Waals surface area contributed by atoms with Crippen LogP contribution in [0.5, 0.6) is 5.75 Å². The number of carbonyl (C=O) groups excluding carboxylic acids is 1. The summed E-state index contributed by atoms with van der Waals surface area (Å²) in [5, 5.41) is 1.22. The van der Waals surface area contributed by atoms with Crippen molar-refractivity contribution in [3.05, 3.63) is 48.0 Å². The van der Waals surface area contributed by atoms with Crippen LogP contribution < -0.4 is 10.5 Å². The lowest BCUT2D eigenvalue weighted by Gasteiger charge is -2.30. The van der Waals surface area contributed by atoms with Crippen molar-refractivity contribution >= 4 is 40.3 Å². The van der Waals surface area contributed by atoms with Gasteiger partial charge in [-0.05, 0) is 55.9 Å². The summed E-state index contributed by atoms with van der Waals surface area (Å²) in [6, 6.07) is 14.5. The number of piperidine rings is 1. The molecule has 0 unspecified atom stereocenters. The number of para-hydroxylation sites is 1. The predicted molar refractivity (Wildman–Crippen MR) is 141 cm³/mol. The maximum atomic E-state index is 13.3. The first-order valence-corrected chi connectivity index (χ1v) is 12.2. The van der Waals surface area contributed by atoms with Crippen molar-refractivity contribution in [2.24, 2.45) is 18.7 Å². The molecule has 1 saturated heterocycles. The fourth-order valence-electron chi connectivity index (χ4n) is 5.35. The molecular weight excluding hydrogens is 462 g/mol. The highest BCUT2D eigenvalue weighted by molar-refractivity contribution is 6.00. The number of ether oxygens (including phenoxy) is 1. The topological polar surface area (TPSA) is 78.3 Å². The molecule has 2 N–H and O–H groups in total. The monoisotopic (exact) mass is 493 g/mol. The average molecular weight is 494 g/mol. The number of aryl methyl sites for hydroxylation is 1. The number of nitrogens with two attached hydrogens (primary N) is 1. The largest absolute Gasteiger partial charge is 0.494 e. The number of hydrogen-bond acceptors (Lipinski definition) is 4. The van der Waals surface area contributed by atoms with Crippen molar-refractivity contribution in [3.63, 3.8) is 0 Å². The molecule has 1 amide bonds. The van der Waals surface area contributed by atoms with Gasteiger partial charge in [-0.1, -0.05) is 18.2 Å². The number of nitrogens with zero attached hydrogens (tertiary/aromatic N) is 4. The van der Waals surface area contributed by atoms with E-state index in [-0.39, 0.29) is 24.4 Å². The van der Waals surface area contributed by atoms with Crippen LogP contribution in [-0.2, 0) is 13.6 Å². The van der Waals surface area contributed by atoms with Gasteiger partial charge in [0.25, 0.3) is 5.91 Å². The summed E-state index contributed by atoms with van der Waals surface area (Å²) >= 11 is 0. The van der Waals surface area contributed by atoms with Crippen LogP contribution in [0.25, 0.3) is 33.5 Å².